The van der Waals surface area contributed by atoms with Crippen molar-refractivity contribution >= 4 is 17.4 Å². The molecule has 0 saturated heterocycles. The maximum Gasteiger partial charge on any atom is 0.451 e. The summed E-state index contributed by atoms with van der Waals surface area (Å²) >= 11 is 5.60. The number of aromatic nitrogens is 2. The summed E-state index contributed by atoms with van der Waals surface area (Å²) in [6.07, 6.45) is -2.21. The highest BCUT2D eigenvalue weighted by Gasteiger charge is 2.35. The lowest BCUT2D eigenvalue weighted by Gasteiger charge is -2.19. The SMILES string of the molecule is CN(CCOCC1CC1)c1cc(Cl)nc(C(F)(F)F)n1. The third-order valence-electron chi connectivity index (χ3n) is 2.95. The number of anilines is 1. The smallest absolute Gasteiger partial charge is 0.379 e. The summed E-state index contributed by atoms with van der Waals surface area (Å²) in [4.78, 5) is 8.23. The summed E-state index contributed by atoms with van der Waals surface area (Å²) in [6, 6.07) is 1.30. The number of halogens is 4. The van der Waals surface area contributed by atoms with Crippen molar-refractivity contribution < 1.29 is 17.9 Å². The van der Waals surface area contributed by atoms with E-state index in [4.69, 9.17) is 16.3 Å². The van der Waals surface area contributed by atoms with Crippen LogP contribution in [0, 0.1) is 5.92 Å². The monoisotopic (exact) mass is 309 g/mol. The fraction of sp³-hybridized carbons (Fsp3) is 0.667. The van der Waals surface area contributed by atoms with Crippen LogP contribution in [0.2, 0.25) is 5.15 Å². The van der Waals surface area contributed by atoms with Gasteiger partial charge in [0.15, 0.2) is 0 Å². The third kappa shape index (κ3) is 4.49. The molecule has 1 aromatic heterocycles. The first-order chi connectivity index (χ1) is 9.36. The Labute approximate surface area is 119 Å². The minimum atomic E-state index is -4.61. The Balaban J connectivity index is 1.93. The Morgan fingerprint density at radius 1 is 1.40 bits per heavy atom. The lowest BCUT2D eigenvalue weighted by Crippen LogP contribution is -2.25. The Hall–Kier alpha value is -1.08. The van der Waals surface area contributed by atoms with Crippen LogP contribution in [0.25, 0.3) is 0 Å². The van der Waals surface area contributed by atoms with Crippen molar-refractivity contribution in [2.24, 2.45) is 5.92 Å². The van der Waals surface area contributed by atoms with Crippen LogP contribution in [0.15, 0.2) is 6.07 Å². The molecule has 0 radical (unpaired) electrons. The van der Waals surface area contributed by atoms with Crippen molar-refractivity contribution in [2.45, 2.75) is 19.0 Å². The highest BCUT2D eigenvalue weighted by Crippen LogP contribution is 2.29. The van der Waals surface area contributed by atoms with Crippen molar-refractivity contribution in [3.63, 3.8) is 0 Å². The molecule has 8 heteroatoms. The molecule has 0 N–H and O–H groups in total. The minimum Gasteiger partial charge on any atom is -0.379 e. The summed E-state index contributed by atoms with van der Waals surface area (Å²) in [6.45, 7) is 1.60. The number of nitrogens with zero attached hydrogens (tertiary/aromatic N) is 3. The average Bonchev–Trinajstić information content (AvgIpc) is 3.16. The third-order valence-corrected chi connectivity index (χ3v) is 3.14. The van der Waals surface area contributed by atoms with E-state index in [2.05, 4.69) is 9.97 Å². The molecular weight excluding hydrogens is 295 g/mol. The first-order valence-corrected chi connectivity index (χ1v) is 6.64. The van der Waals surface area contributed by atoms with Crippen molar-refractivity contribution in [1.82, 2.24) is 9.97 Å². The molecule has 1 heterocycles. The summed E-state index contributed by atoms with van der Waals surface area (Å²) in [5, 5.41) is -0.229. The number of rotatable bonds is 6. The highest BCUT2D eigenvalue weighted by molar-refractivity contribution is 6.29. The average molecular weight is 310 g/mol. The van der Waals surface area contributed by atoms with Crippen LogP contribution < -0.4 is 4.90 Å². The maximum atomic E-state index is 12.6. The van der Waals surface area contributed by atoms with Crippen molar-refractivity contribution in [1.29, 1.82) is 0 Å². The van der Waals surface area contributed by atoms with Gasteiger partial charge < -0.3 is 9.64 Å². The first kappa shape index (κ1) is 15.3. The number of alkyl halides is 3. The van der Waals surface area contributed by atoms with E-state index in [1.165, 1.54) is 18.9 Å². The molecule has 1 aliphatic carbocycles. The molecule has 112 valence electrons. The Morgan fingerprint density at radius 3 is 2.70 bits per heavy atom. The summed E-state index contributed by atoms with van der Waals surface area (Å²) in [5.41, 5.74) is 0. The lowest BCUT2D eigenvalue weighted by atomic mass is 10.4. The van der Waals surface area contributed by atoms with Crippen LogP contribution in [0.5, 0.6) is 0 Å². The van der Waals surface area contributed by atoms with Gasteiger partial charge in [0.2, 0.25) is 5.82 Å². The van der Waals surface area contributed by atoms with E-state index in [0.29, 0.717) is 25.7 Å². The molecule has 0 aliphatic heterocycles. The van der Waals surface area contributed by atoms with Gasteiger partial charge in [0, 0.05) is 26.3 Å². The van der Waals surface area contributed by atoms with E-state index in [0.717, 1.165) is 0 Å². The van der Waals surface area contributed by atoms with E-state index >= 15 is 0 Å². The van der Waals surface area contributed by atoms with E-state index in [1.807, 2.05) is 0 Å². The molecule has 0 aromatic carbocycles. The molecule has 2 rings (SSSR count). The Bertz CT molecular complexity index is 466. The van der Waals surface area contributed by atoms with Gasteiger partial charge in [-0.25, -0.2) is 9.97 Å². The molecule has 1 aliphatic rings. The molecule has 4 nitrogen and oxygen atoms in total. The fourth-order valence-electron chi connectivity index (χ4n) is 1.58. The van der Waals surface area contributed by atoms with Crippen molar-refractivity contribution in [2.75, 3.05) is 31.7 Å². The van der Waals surface area contributed by atoms with Gasteiger partial charge in [-0.15, -0.1) is 0 Å². The largest absolute Gasteiger partial charge is 0.451 e. The van der Waals surface area contributed by atoms with Gasteiger partial charge in [0.05, 0.1) is 6.61 Å². The van der Waals surface area contributed by atoms with Gasteiger partial charge in [0.1, 0.15) is 11.0 Å². The first-order valence-electron chi connectivity index (χ1n) is 6.27. The molecule has 0 amide bonds. The molecule has 1 aromatic rings. The molecule has 1 fully saturated rings. The van der Waals surface area contributed by atoms with Crippen LogP contribution in [0.1, 0.15) is 18.7 Å². The zero-order valence-electron chi connectivity index (χ0n) is 11.0. The van der Waals surface area contributed by atoms with E-state index in [-0.39, 0.29) is 11.0 Å². The standard InChI is InChI=1S/C12H15ClF3N3O/c1-19(4-5-20-7-8-2-3-8)10-6-9(13)17-11(18-10)12(14,15)16/h6,8H,2-5,7H2,1H3. The maximum absolute atomic E-state index is 12.6. The predicted octanol–water partition coefficient (Wildman–Crippen LogP) is 3.01. The van der Waals surface area contributed by atoms with Crippen LogP contribution in [0.3, 0.4) is 0 Å². The second-order valence-electron chi connectivity index (χ2n) is 4.81. The van der Waals surface area contributed by atoms with Crippen molar-refractivity contribution in [3.8, 4) is 0 Å². The molecular formula is C12H15ClF3N3O. The molecule has 1 saturated carbocycles. The second kappa shape index (κ2) is 6.13. The van der Waals surface area contributed by atoms with Crippen molar-refractivity contribution in [3.05, 3.63) is 17.0 Å². The molecule has 0 spiro atoms. The molecule has 0 bridgehead atoms. The molecule has 20 heavy (non-hydrogen) atoms. The Morgan fingerprint density at radius 2 is 2.10 bits per heavy atom. The summed E-state index contributed by atoms with van der Waals surface area (Å²) in [7, 11) is 1.64. The topological polar surface area (TPSA) is 38.2 Å². The fourth-order valence-corrected chi connectivity index (χ4v) is 1.76. The lowest BCUT2D eigenvalue weighted by molar-refractivity contribution is -0.144. The van der Waals surface area contributed by atoms with Gasteiger partial charge in [-0.2, -0.15) is 13.2 Å². The van der Waals surface area contributed by atoms with E-state index < -0.39 is 12.0 Å². The quantitative estimate of drug-likeness (QED) is 0.598. The number of ether oxygens (including phenoxy) is 1. The second-order valence-corrected chi connectivity index (χ2v) is 5.20. The Kier molecular flexibility index (Phi) is 4.70. The zero-order chi connectivity index (χ0) is 14.8. The summed E-state index contributed by atoms with van der Waals surface area (Å²) in [5.74, 6) is -0.441. The van der Waals surface area contributed by atoms with Crippen LogP contribution in [0.4, 0.5) is 19.0 Å². The highest BCUT2D eigenvalue weighted by atomic mass is 35.5. The van der Waals surface area contributed by atoms with Crippen LogP contribution in [-0.2, 0) is 10.9 Å². The predicted molar refractivity (Wildman–Crippen MR) is 68.9 cm³/mol. The van der Waals surface area contributed by atoms with Gasteiger partial charge in [-0.3, -0.25) is 0 Å². The number of hydrogen-bond donors (Lipinski definition) is 0. The number of hydrogen-bond acceptors (Lipinski definition) is 4. The van der Waals surface area contributed by atoms with Gasteiger partial charge in [0.25, 0.3) is 0 Å². The molecule has 0 atom stereocenters. The van der Waals surface area contributed by atoms with Crippen LogP contribution >= 0.6 is 11.6 Å². The zero-order valence-corrected chi connectivity index (χ0v) is 11.7. The molecule has 0 unspecified atom stereocenters. The van der Waals surface area contributed by atoms with Gasteiger partial charge in [-0.05, 0) is 18.8 Å². The van der Waals surface area contributed by atoms with Crippen LogP contribution in [-0.4, -0.2) is 36.8 Å². The van der Waals surface area contributed by atoms with E-state index in [9.17, 15) is 13.2 Å². The summed E-state index contributed by atoms with van der Waals surface area (Å²) < 4.78 is 43.2. The van der Waals surface area contributed by atoms with E-state index in [1.54, 1.807) is 11.9 Å². The van der Waals surface area contributed by atoms with Gasteiger partial charge in [-0.1, -0.05) is 11.6 Å². The van der Waals surface area contributed by atoms with Gasteiger partial charge >= 0.3 is 6.18 Å². The number of likely N-dealkylation sites (N-methyl/N-ethyl adjacent to an activating group) is 1. The minimum absolute atomic E-state index is 0.132. The normalized spacial score (nSPS) is 15.4.